The number of nitrogens with one attached hydrogen (secondary N) is 1. The van der Waals surface area contributed by atoms with Crippen molar-refractivity contribution >= 4 is 15.9 Å². The number of hydrogen-bond donors (Lipinski definition) is 2. The Hall–Kier alpha value is -2.56. The zero-order chi connectivity index (χ0) is 21.4. The van der Waals surface area contributed by atoms with E-state index in [4.69, 9.17) is 5.14 Å². The first-order chi connectivity index (χ1) is 13.6. The highest BCUT2D eigenvalue weighted by molar-refractivity contribution is 7.89. The third-order valence-electron chi connectivity index (χ3n) is 3.98. The topological polar surface area (TPSA) is 102 Å². The van der Waals surface area contributed by atoms with E-state index in [9.17, 15) is 22.0 Å². The molecule has 2 aromatic rings. The highest BCUT2D eigenvalue weighted by Crippen LogP contribution is 2.16. The van der Waals surface area contributed by atoms with E-state index in [1.807, 2.05) is 0 Å². The van der Waals surface area contributed by atoms with Gasteiger partial charge in [0.25, 0.3) is 0 Å². The number of halogens is 2. The van der Waals surface area contributed by atoms with E-state index in [0.29, 0.717) is 19.5 Å². The first-order valence-corrected chi connectivity index (χ1v) is 10.3. The van der Waals surface area contributed by atoms with Crippen LogP contribution in [-0.2, 0) is 27.8 Å². The molecule has 10 heteroatoms. The van der Waals surface area contributed by atoms with Gasteiger partial charge in [0.05, 0.1) is 11.4 Å². The Morgan fingerprint density at radius 1 is 1.17 bits per heavy atom. The maximum atomic E-state index is 12.3. The molecule has 0 saturated carbocycles. The van der Waals surface area contributed by atoms with Crippen molar-refractivity contribution in [3.8, 4) is 5.75 Å². The molecular formula is C19H23F2N3O4S. The van der Waals surface area contributed by atoms with Crippen molar-refractivity contribution in [2.75, 3.05) is 20.1 Å². The second-order valence-electron chi connectivity index (χ2n) is 6.49. The number of alkyl halides is 2. The summed E-state index contributed by atoms with van der Waals surface area (Å²) < 4.78 is 51.4. The van der Waals surface area contributed by atoms with Crippen molar-refractivity contribution in [2.45, 2.75) is 24.5 Å². The minimum absolute atomic E-state index is 0.0370. The van der Waals surface area contributed by atoms with Crippen molar-refractivity contribution < 1.29 is 26.7 Å². The van der Waals surface area contributed by atoms with E-state index in [1.165, 1.54) is 24.3 Å². The molecule has 2 rings (SSSR count). The van der Waals surface area contributed by atoms with Crippen molar-refractivity contribution in [3.63, 3.8) is 0 Å². The zero-order valence-electron chi connectivity index (χ0n) is 15.8. The lowest BCUT2D eigenvalue weighted by Crippen LogP contribution is -2.35. The van der Waals surface area contributed by atoms with Crippen molar-refractivity contribution in [1.29, 1.82) is 0 Å². The number of rotatable bonds is 10. The van der Waals surface area contributed by atoms with E-state index in [0.717, 1.165) is 11.1 Å². The fourth-order valence-electron chi connectivity index (χ4n) is 2.68. The van der Waals surface area contributed by atoms with Gasteiger partial charge in [-0.3, -0.25) is 9.69 Å². The molecular weight excluding hydrogens is 404 g/mol. The number of primary sulfonamides is 1. The average Bonchev–Trinajstić information content (AvgIpc) is 2.61. The van der Waals surface area contributed by atoms with Gasteiger partial charge in [0, 0.05) is 13.1 Å². The van der Waals surface area contributed by atoms with Crippen LogP contribution >= 0.6 is 0 Å². The summed E-state index contributed by atoms with van der Waals surface area (Å²) in [6.07, 6.45) is 0.535. The van der Waals surface area contributed by atoms with Gasteiger partial charge in [0.2, 0.25) is 15.9 Å². The second kappa shape index (κ2) is 10.3. The van der Waals surface area contributed by atoms with Crippen LogP contribution in [0.5, 0.6) is 5.75 Å². The van der Waals surface area contributed by atoms with Crippen LogP contribution in [0.3, 0.4) is 0 Å². The minimum Gasteiger partial charge on any atom is -0.435 e. The van der Waals surface area contributed by atoms with E-state index in [1.54, 1.807) is 36.2 Å². The van der Waals surface area contributed by atoms with Crippen LogP contribution in [-0.4, -0.2) is 46.0 Å². The van der Waals surface area contributed by atoms with Gasteiger partial charge in [-0.25, -0.2) is 13.6 Å². The number of nitrogens with two attached hydrogens (primary N) is 1. The normalized spacial score (nSPS) is 11.7. The third-order valence-corrected chi connectivity index (χ3v) is 4.91. The smallest absolute Gasteiger partial charge is 0.387 e. The molecule has 0 radical (unpaired) electrons. The van der Waals surface area contributed by atoms with Crippen LogP contribution in [0.4, 0.5) is 8.78 Å². The molecule has 29 heavy (non-hydrogen) atoms. The van der Waals surface area contributed by atoms with Gasteiger partial charge in [-0.05, 0) is 48.9 Å². The molecule has 0 aliphatic carbocycles. The molecule has 158 valence electrons. The van der Waals surface area contributed by atoms with Gasteiger partial charge in [-0.1, -0.05) is 24.3 Å². The lowest BCUT2D eigenvalue weighted by Gasteiger charge is -2.17. The largest absolute Gasteiger partial charge is 0.435 e. The molecule has 3 N–H and O–H groups in total. The highest BCUT2D eigenvalue weighted by Gasteiger charge is 2.10. The van der Waals surface area contributed by atoms with Crippen LogP contribution in [0.1, 0.15) is 11.1 Å². The lowest BCUT2D eigenvalue weighted by atomic mass is 10.1. The molecule has 0 unspecified atom stereocenters. The first kappa shape index (κ1) is 22.7. The quantitative estimate of drug-likeness (QED) is 0.601. The average molecular weight is 427 g/mol. The Bertz CT molecular complexity index is 921. The highest BCUT2D eigenvalue weighted by atomic mass is 32.2. The molecule has 0 aromatic heterocycles. The number of sulfonamides is 1. The molecule has 1 amide bonds. The number of carbonyl (C=O) groups is 1. The van der Waals surface area contributed by atoms with Crippen molar-refractivity contribution in [2.24, 2.45) is 5.14 Å². The predicted molar refractivity (Wildman–Crippen MR) is 104 cm³/mol. The summed E-state index contributed by atoms with van der Waals surface area (Å²) in [5.41, 5.74) is 1.61. The standard InChI is InChI=1S/C19H23F2N3O4S/c1-24(12-15-3-2-4-16(11-15)28-19(20)21)13-18(25)23-10-9-14-5-7-17(8-6-14)29(22,26)27/h2-8,11,19H,9-10,12-13H2,1H3,(H,23,25)(H2,22,26,27). The molecule has 0 atom stereocenters. The number of amides is 1. The molecule has 0 aliphatic rings. The lowest BCUT2D eigenvalue weighted by molar-refractivity contribution is -0.122. The molecule has 0 saturated heterocycles. The number of carbonyl (C=O) groups excluding carboxylic acids is 1. The number of ether oxygens (including phenoxy) is 1. The Morgan fingerprint density at radius 3 is 2.48 bits per heavy atom. The Labute approximate surface area is 168 Å². The summed E-state index contributed by atoms with van der Waals surface area (Å²) in [5.74, 6) is -0.113. The Kier molecular flexibility index (Phi) is 8.06. The molecule has 0 aliphatic heterocycles. The summed E-state index contributed by atoms with van der Waals surface area (Å²) in [6.45, 7) is -1.98. The third kappa shape index (κ3) is 8.14. The van der Waals surface area contributed by atoms with E-state index in [-0.39, 0.29) is 23.1 Å². The second-order valence-corrected chi connectivity index (χ2v) is 8.05. The van der Waals surface area contributed by atoms with Crippen LogP contribution in [0, 0.1) is 0 Å². The minimum atomic E-state index is -3.72. The van der Waals surface area contributed by atoms with Crippen LogP contribution < -0.4 is 15.2 Å². The maximum Gasteiger partial charge on any atom is 0.387 e. The molecule has 2 aromatic carbocycles. The van der Waals surface area contributed by atoms with Crippen LogP contribution in [0.25, 0.3) is 0 Å². The maximum absolute atomic E-state index is 12.3. The SMILES string of the molecule is CN(CC(=O)NCCc1ccc(S(N)(=O)=O)cc1)Cc1cccc(OC(F)F)c1. The molecule has 0 bridgehead atoms. The van der Waals surface area contributed by atoms with E-state index >= 15 is 0 Å². The van der Waals surface area contributed by atoms with Gasteiger partial charge in [-0.15, -0.1) is 0 Å². The van der Waals surface area contributed by atoms with Crippen LogP contribution in [0.15, 0.2) is 53.4 Å². The van der Waals surface area contributed by atoms with Gasteiger partial charge < -0.3 is 10.1 Å². The molecule has 7 nitrogen and oxygen atoms in total. The fourth-order valence-corrected chi connectivity index (χ4v) is 3.20. The van der Waals surface area contributed by atoms with E-state index in [2.05, 4.69) is 10.1 Å². The number of hydrogen-bond acceptors (Lipinski definition) is 5. The molecule has 0 heterocycles. The van der Waals surface area contributed by atoms with Crippen LogP contribution in [0.2, 0.25) is 0 Å². The summed E-state index contributed by atoms with van der Waals surface area (Å²) in [4.78, 5) is 13.8. The number of benzene rings is 2. The summed E-state index contributed by atoms with van der Waals surface area (Å²) in [5, 5.41) is 7.83. The summed E-state index contributed by atoms with van der Waals surface area (Å²) >= 11 is 0. The Morgan fingerprint density at radius 2 is 1.86 bits per heavy atom. The van der Waals surface area contributed by atoms with Crippen molar-refractivity contribution in [3.05, 3.63) is 59.7 Å². The zero-order valence-corrected chi connectivity index (χ0v) is 16.7. The van der Waals surface area contributed by atoms with E-state index < -0.39 is 16.6 Å². The number of nitrogens with zero attached hydrogens (tertiary/aromatic N) is 1. The molecule has 0 spiro atoms. The first-order valence-electron chi connectivity index (χ1n) is 8.74. The Balaban J connectivity index is 1.76. The summed E-state index contributed by atoms with van der Waals surface area (Å²) in [7, 11) is -1.98. The fraction of sp³-hybridized carbons (Fsp3) is 0.316. The van der Waals surface area contributed by atoms with Crippen molar-refractivity contribution in [1.82, 2.24) is 10.2 Å². The van der Waals surface area contributed by atoms with Gasteiger partial charge in [-0.2, -0.15) is 8.78 Å². The van der Waals surface area contributed by atoms with Gasteiger partial charge in [0.1, 0.15) is 5.75 Å². The summed E-state index contributed by atoms with van der Waals surface area (Å²) in [6, 6.07) is 12.5. The van der Waals surface area contributed by atoms with Gasteiger partial charge in [0.15, 0.2) is 0 Å². The predicted octanol–water partition coefficient (Wildman–Crippen LogP) is 1.73. The monoisotopic (exact) mass is 427 g/mol. The van der Waals surface area contributed by atoms with Gasteiger partial charge >= 0.3 is 6.61 Å². The number of likely N-dealkylation sites (N-methyl/N-ethyl adjacent to an activating group) is 1. The molecule has 0 fully saturated rings.